The fraction of sp³-hybridized carbons (Fsp3) is 0.188. The number of carbonyl (C=O) groups is 1. The summed E-state index contributed by atoms with van der Waals surface area (Å²) in [6.07, 6.45) is 1.01. The summed E-state index contributed by atoms with van der Waals surface area (Å²) in [4.78, 5) is 12.4. The van der Waals surface area contributed by atoms with E-state index < -0.39 is 27.6 Å². The molecule has 1 N–H and O–H groups in total. The number of ether oxygens (including phenoxy) is 1. The number of halogens is 2. The van der Waals surface area contributed by atoms with Crippen molar-refractivity contribution < 1.29 is 26.7 Å². The Bertz CT molecular complexity index is 916. The third kappa shape index (κ3) is 4.24. The van der Waals surface area contributed by atoms with Crippen LogP contribution in [0.15, 0.2) is 36.4 Å². The van der Waals surface area contributed by atoms with Crippen molar-refractivity contribution in [3.63, 3.8) is 0 Å². The van der Waals surface area contributed by atoms with Gasteiger partial charge in [0.15, 0.2) is 0 Å². The van der Waals surface area contributed by atoms with Crippen LogP contribution in [0.2, 0.25) is 0 Å². The van der Waals surface area contributed by atoms with Gasteiger partial charge in [0.2, 0.25) is 10.0 Å². The number of hydrogen-bond donors (Lipinski definition) is 1. The number of amides is 1. The standard InChI is InChI=1S/C16H16F2N2O4S/c1-20(25(3,22)23)11-5-7-15(24-2)12(9-11)16(21)19-14-8-10(17)4-6-13(14)18/h4-9H,1-3H3,(H,19,21). The largest absolute Gasteiger partial charge is 0.496 e. The number of sulfonamides is 1. The van der Waals surface area contributed by atoms with E-state index >= 15 is 0 Å². The fourth-order valence-electron chi connectivity index (χ4n) is 2.04. The molecule has 0 spiro atoms. The quantitative estimate of drug-likeness (QED) is 0.878. The minimum atomic E-state index is -3.54. The summed E-state index contributed by atoms with van der Waals surface area (Å²) >= 11 is 0. The monoisotopic (exact) mass is 370 g/mol. The van der Waals surface area contributed by atoms with Crippen molar-refractivity contribution >= 4 is 27.3 Å². The lowest BCUT2D eigenvalue weighted by molar-refractivity contribution is 0.102. The molecule has 2 aromatic rings. The van der Waals surface area contributed by atoms with Crippen LogP contribution in [0.25, 0.3) is 0 Å². The van der Waals surface area contributed by atoms with Crippen molar-refractivity contribution in [2.75, 3.05) is 30.0 Å². The molecule has 0 saturated carbocycles. The average Bonchev–Trinajstić information content (AvgIpc) is 2.56. The third-order valence-corrected chi connectivity index (χ3v) is 4.67. The van der Waals surface area contributed by atoms with Crippen molar-refractivity contribution in [1.82, 2.24) is 0 Å². The summed E-state index contributed by atoms with van der Waals surface area (Å²) in [5.41, 5.74) is -0.152. The first kappa shape index (κ1) is 18.7. The zero-order valence-electron chi connectivity index (χ0n) is 13.7. The maximum Gasteiger partial charge on any atom is 0.259 e. The number of hydrogen-bond acceptors (Lipinski definition) is 4. The van der Waals surface area contributed by atoms with Gasteiger partial charge in [-0.25, -0.2) is 17.2 Å². The number of benzene rings is 2. The molecular formula is C16H16F2N2O4S. The summed E-state index contributed by atoms with van der Waals surface area (Å²) in [6, 6.07) is 6.80. The summed E-state index contributed by atoms with van der Waals surface area (Å²) in [5.74, 6) is -2.14. The Labute approximate surface area is 144 Å². The molecule has 0 aliphatic rings. The Morgan fingerprint density at radius 3 is 2.44 bits per heavy atom. The molecule has 134 valence electrons. The van der Waals surface area contributed by atoms with E-state index in [0.29, 0.717) is 0 Å². The van der Waals surface area contributed by atoms with Gasteiger partial charge in [-0.3, -0.25) is 9.10 Å². The molecular weight excluding hydrogens is 354 g/mol. The summed E-state index contributed by atoms with van der Waals surface area (Å²) in [7, 11) is -0.885. The zero-order valence-corrected chi connectivity index (χ0v) is 14.5. The number of nitrogens with zero attached hydrogens (tertiary/aromatic N) is 1. The van der Waals surface area contributed by atoms with E-state index in [1.54, 1.807) is 0 Å². The van der Waals surface area contributed by atoms with Gasteiger partial charge in [0, 0.05) is 13.1 Å². The molecule has 0 atom stereocenters. The van der Waals surface area contributed by atoms with Crippen molar-refractivity contribution in [3.05, 3.63) is 53.6 Å². The third-order valence-electron chi connectivity index (χ3n) is 3.47. The normalized spacial score (nSPS) is 11.1. The number of anilines is 2. The molecule has 0 radical (unpaired) electrons. The molecule has 6 nitrogen and oxygen atoms in total. The molecule has 0 bridgehead atoms. The van der Waals surface area contributed by atoms with Gasteiger partial charge >= 0.3 is 0 Å². The van der Waals surface area contributed by atoms with Crippen molar-refractivity contribution in [3.8, 4) is 5.75 Å². The lowest BCUT2D eigenvalue weighted by atomic mass is 10.1. The SMILES string of the molecule is COc1ccc(N(C)S(C)(=O)=O)cc1C(=O)Nc1cc(F)ccc1F. The van der Waals surface area contributed by atoms with Crippen molar-refractivity contribution in [2.45, 2.75) is 0 Å². The molecule has 0 unspecified atom stereocenters. The molecule has 0 aromatic heterocycles. The number of nitrogens with one attached hydrogen (secondary N) is 1. The van der Waals surface area contributed by atoms with Gasteiger partial charge in [0.05, 0.1) is 30.3 Å². The van der Waals surface area contributed by atoms with Crippen LogP contribution < -0.4 is 14.4 Å². The number of methoxy groups -OCH3 is 1. The summed E-state index contributed by atoms with van der Waals surface area (Å²) in [5, 5.41) is 2.25. The molecule has 2 aromatic carbocycles. The Morgan fingerprint density at radius 2 is 1.84 bits per heavy atom. The van der Waals surface area contributed by atoms with Gasteiger partial charge < -0.3 is 10.1 Å². The second kappa shape index (κ2) is 7.06. The summed E-state index contributed by atoms with van der Waals surface area (Å²) in [6.45, 7) is 0. The Balaban J connectivity index is 2.42. The topological polar surface area (TPSA) is 75.7 Å². The molecule has 25 heavy (non-hydrogen) atoms. The predicted octanol–water partition coefficient (Wildman–Crippen LogP) is 2.62. The maximum atomic E-state index is 13.7. The van der Waals surface area contributed by atoms with E-state index in [9.17, 15) is 22.0 Å². The fourth-order valence-corrected chi connectivity index (χ4v) is 2.54. The first-order valence-electron chi connectivity index (χ1n) is 7.02. The van der Waals surface area contributed by atoms with Gasteiger partial charge in [-0.2, -0.15) is 0 Å². The Kier molecular flexibility index (Phi) is 5.27. The Morgan fingerprint density at radius 1 is 1.16 bits per heavy atom. The van der Waals surface area contributed by atoms with E-state index in [1.165, 1.54) is 32.4 Å². The van der Waals surface area contributed by atoms with Gasteiger partial charge in [-0.05, 0) is 30.3 Å². The highest BCUT2D eigenvalue weighted by molar-refractivity contribution is 7.92. The number of rotatable bonds is 5. The van der Waals surface area contributed by atoms with Crippen LogP contribution in [-0.4, -0.2) is 34.7 Å². The minimum Gasteiger partial charge on any atom is -0.496 e. The van der Waals surface area contributed by atoms with E-state index in [4.69, 9.17) is 4.74 Å². The molecule has 0 aliphatic heterocycles. The van der Waals surface area contributed by atoms with Gasteiger partial charge in [-0.1, -0.05) is 0 Å². The van der Waals surface area contributed by atoms with Crippen LogP contribution in [0.1, 0.15) is 10.4 Å². The highest BCUT2D eigenvalue weighted by atomic mass is 32.2. The van der Waals surface area contributed by atoms with Crippen molar-refractivity contribution in [2.24, 2.45) is 0 Å². The molecule has 0 saturated heterocycles. The highest BCUT2D eigenvalue weighted by Crippen LogP contribution is 2.27. The first-order chi connectivity index (χ1) is 11.6. The van der Waals surface area contributed by atoms with Crippen molar-refractivity contribution in [1.29, 1.82) is 0 Å². The second-order valence-corrected chi connectivity index (χ2v) is 7.21. The average molecular weight is 370 g/mol. The Hall–Kier alpha value is -2.68. The van der Waals surface area contributed by atoms with Crippen LogP contribution in [0, 0.1) is 11.6 Å². The minimum absolute atomic E-state index is 0.0286. The molecule has 2 rings (SSSR count). The second-order valence-electron chi connectivity index (χ2n) is 5.19. The van der Waals surface area contributed by atoms with E-state index in [-0.39, 0.29) is 22.7 Å². The van der Waals surface area contributed by atoms with Crippen LogP contribution in [0.4, 0.5) is 20.2 Å². The van der Waals surface area contributed by atoms with Crippen LogP contribution >= 0.6 is 0 Å². The molecule has 0 aliphatic carbocycles. The van der Waals surface area contributed by atoms with Gasteiger partial charge in [-0.15, -0.1) is 0 Å². The van der Waals surface area contributed by atoms with Crippen LogP contribution in [-0.2, 0) is 10.0 Å². The lowest BCUT2D eigenvalue weighted by Crippen LogP contribution is -2.25. The molecule has 1 amide bonds. The van der Waals surface area contributed by atoms with E-state index in [1.807, 2.05) is 0 Å². The van der Waals surface area contributed by atoms with Gasteiger partial charge in [0.1, 0.15) is 17.4 Å². The molecule has 0 fully saturated rings. The lowest BCUT2D eigenvalue weighted by Gasteiger charge is -2.18. The zero-order chi connectivity index (χ0) is 18.8. The van der Waals surface area contributed by atoms with Crippen LogP contribution in [0.5, 0.6) is 5.75 Å². The molecule has 9 heteroatoms. The number of carbonyl (C=O) groups excluding carboxylic acids is 1. The first-order valence-corrected chi connectivity index (χ1v) is 8.86. The smallest absolute Gasteiger partial charge is 0.259 e. The van der Waals surface area contributed by atoms with Gasteiger partial charge in [0.25, 0.3) is 5.91 Å². The predicted molar refractivity (Wildman–Crippen MR) is 90.6 cm³/mol. The van der Waals surface area contributed by atoms with Crippen LogP contribution in [0.3, 0.4) is 0 Å². The molecule has 0 heterocycles. The summed E-state index contributed by atoms with van der Waals surface area (Å²) < 4.78 is 56.3. The highest BCUT2D eigenvalue weighted by Gasteiger charge is 2.19. The maximum absolute atomic E-state index is 13.7. The van der Waals surface area contributed by atoms with E-state index in [2.05, 4.69) is 5.32 Å². The van der Waals surface area contributed by atoms with E-state index in [0.717, 1.165) is 28.8 Å².